The van der Waals surface area contributed by atoms with Crippen molar-refractivity contribution in [3.05, 3.63) is 0 Å². The molecule has 3 aliphatic rings. The van der Waals surface area contributed by atoms with E-state index < -0.39 is 0 Å². The largest absolute Gasteiger partial charge is 0.377 e. The van der Waals surface area contributed by atoms with Crippen molar-refractivity contribution in [2.75, 3.05) is 19.7 Å². The second-order valence-corrected chi connectivity index (χ2v) is 5.63. The first-order valence-electron chi connectivity index (χ1n) is 6.76. The Morgan fingerprint density at radius 1 is 1.07 bits per heavy atom. The van der Waals surface area contributed by atoms with Crippen molar-refractivity contribution in [1.82, 2.24) is 5.32 Å². The minimum Gasteiger partial charge on any atom is -0.377 e. The van der Waals surface area contributed by atoms with Crippen molar-refractivity contribution in [1.29, 1.82) is 0 Å². The Labute approximate surface area is 92.8 Å². The highest BCUT2D eigenvalue weighted by molar-refractivity contribution is 4.92. The molecule has 3 rings (SSSR count). The van der Waals surface area contributed by atoms with Crippen molar-refractivity contribution in [2.24, 2.45) is 17.8 Å². The van der Waals surface area contributed by atoms with E-state index in [2.05, 4.69) is 5.32 Å². The molecule has 1 N–H and O–H groups in total. The number of hydrogen-bond donors (Lipinski definition) is 1. The second-order valence-electron chi connectivity index (χ2n) is 5.63. The third kappa shape index (κ3) is 2.73. The molecule has 2 heteroatoms. The molecule has 0 amide bonds. The molecule has 86 valence electrons. The van der Waals surface area contributed by atoms with E-state index in [0.717, 1.165) is 30.9 Å². The highest BCUT2D eigenvalue weighted by Gasteiger charge is 2.40. The topological polar surface area (TPSA) is 21.3 Å². The van der Waals surface area contributed by atoms with Crippen LogP contribution in [0.3, 0.4) is 0 Å². The predicted molar refractivity (Wildman–Crippen MR) is 60.8 cm³/mol. The maximum atomic E-state index is 5.62. The molecule has 1 unspecified atom stereocenters. The molecule has 2 nitrogen and oxygen atoms in total. The Hall–Kier alpha value is -0.0800. The van der Waals surface area contributed by atoms with Gasteiger partial charge < -0.3 is 10.1 Å². The van der Waals surface area contributed by atoms with Crippen LogP contribution in [0, 0.1) is 17.8 Å². The van der Waals surface area contributed by atoms with Gasteiger partial charge in [-0.3, -0.25) is 0 Å². The minimum absolute atomic E-state index is 0.518. The van der Waals surface area contributed by atoms with E-state index in [1.165, 1.54) is 45.1 Å². The fourth-order valence-electron chi connectivity index (χ4n) is 2.98. The standard InChI is InChI=1S/C13H23NO/c1-2-12(15-7-1)8-14-9-13(10-3-4-10)11-5-6-11/h10-14H,1-9H2. The van der Waals surface area contributed by atoms with Crippen molar-refractivity contribution in [3.8, 4) is 0 Å². The van der Waals surface area contributed by atoms with Crippen LogP contribution in [0.2, 0.25) is 0 Å². The van der Waals surface area contributed by atoms with Crippen LogP contribution in [0.15, 0.2) is 0 Å². The summed E-state index contributed by atoms with van der Waals surface area (Å²) in [5, 5.41) is 3.65. The molecule has 2 saturated carbocycles. The zero-order valence-corrected chi connectivity index (χ0v) is 9.58. The monoisotopic (exact) mass is 209 g/mol. The number of ether oxygens (including phenoxy) is 1. The van der Waals surface area contributed by atoms with Gasteiger partial charge in [-0.1, -0.05) is 0 Å². The Kier molecular flexibility index (Phi) is 2.98. The molecule has 3 fully saturated rings. The smallest absolute Gasteiger partial charge is 0.0700 e. The molecule has 1 heterocycles. The first-order valence-corrected chi connectivity index (χ1v) is 6.76. The molecule has 0 aromatic carbocycles. The summed E-state index contributed by atoms with van der Waals surface area (Å²) in [6.45, 7) is 3.34. The molecule has 0 bridgehead atoms. The third-order valence-electron chi connectivity index (χ3n) is 4.23. The van der Waals surface area contributed by atoms with Crippen LogP contribution in [-0.2, 0) is 4.74 Å². The molecule has 15 heavy (non-hydrogen) atoms. The summed E-state index contributed by atoms with van der Waals surface area (Å²) >= 11 is 0. The summed E-state index contributed by atoms with van der Waals surface area (Å²) in [6, 6.07) is 0. The maximum Gasteiger partial charge on any atom is 0.0700 e. The first-order chi connectivity index (χ1) is 7.43. The van der Waals surface area contributed by atoms with Gasteiger partial charge in [-0.15, -0.1) is 0 Å². The number of hydrogen-bond acceptors (Lipinski definition) is 2. The predicted octanol–water partition coefficient (Wildman–Crippen LogP) is 2.19. The summed E-state index contributed by atoms with van der Waals surface area (Å²) in [4.78, 5) is 0. The summed E-state index contributed by atoms with van der Waals surface area (Å²) in [5.74, 6) is 3.16. The van der Waals surface area contributed by atoms with Gasteiger partial charge in [-0.05, 0) is 62.8 Å². The molecule has 0 aromatic rings. The first kappa shape index (κ1) is 10.1. The molecule has 2 aliphatic carbocycles. The zero-order valence-electron chi connectivity index (χ0n) is 9.58. The average molecular weight is 209 g/mol. The average Bonchev–Trinajstić information content (AvgIpc) is 3.15. The lowest BCUT2D eigenvalue weighted by atomic mass is 9.98. The molecule has 1 saturated heterocycles. The normalized spacial score (nSPS) is 31.4. The fourth-order valence-corrected chi connectivity index (χ4v) is 2.98. The van der Waals surface area contributed by atoms with E-state index in [4.69, 9.17) is 4.74 Å². The molecule has 1 aliphatic heterocycles. The van der Waals surface area contributed by atoms with Crippen molar-refractivity contribution < 1.29 is 4.74 Å². The van der Waals surface area contributed by atoms with Crippen molar-refractivity contribution in [2.45, 2.75) is 44.6 Å². The Balaban J connectivity index is 1.36. The Morgan fingerprint density at radius 3 is 2.33 bits per heavy atom. The van der Waals surface area contributed by atoms with Gasteiger partial charge in [0.2, 0.25) is 0 Å². The highest BCUT2D eigenvalue weighted by atomic mass is 16.5. The van der Waals surface area contributed by atoms with Gasteiger partial charge in [0.1, 0.15) is 0 Å². The fraction of sp³-hybridized carbons (Fsp3) is 1.00. The molecule has 0 spiro atoms. The van der Waals surface area contributed by atoms with Gasteiger partial charge in [-0.25, -0.2) is 0 Å². The van der Waals surface area contributed by atoms with Crippen molar-refractivity contribution >= 4 is 0 Å². The molecule has 1 atom stereocenters. The van der Waals surface area contributed by atoms with E-state index in [0.29, 0.717) is 6.10 Å². The van der Waals surface area contributed by atoms with Crippen LogP contribution in [0.25, 0.3) is 0 Å². The molecule has 0 radical (unpaired) electrons. The molecular weight excluding hydrogens is 186 g/mol. The lowest BCUT2D eigenvalue weighted by Gasteiger charge is -2.18. The number of rotatable bonds is 6. The van der Waals surface area contributed by atoms with Gasteiger partial charge in [0, 0.05) is 13.2 Å². The van der Waals surface area contributed by atoms with Crippen molar-refractivity contribution in [3.63, 3.8) is 0 Å². The van der Waals surface area contributed by atoms with Crippen LogP contribution in [0.4, 0.5) is 0 Å². The van der Waals surface area contributed by atoms with Gasteiger partial charge in [0.05, 0.1) is 6.10 Å². The summed E-state index contributed by atoms with van der Waals surface area (Å²) in [5.41, 5.74) is 0. The van der Waals surface area contributed by atoms with Crippen LogP contribution in [-0.4, -0.2) is 25.8 Å². The van der Waals surface area contributed by atoms with E-state index in [-0.39, 0.29) is 0 Å². The summed E-state index contributed by atoms with van der Waals surface area (Å²) < 4.78 is 5.62. The second kappa shape index (κ2) is 4.42. The number of nitrogens with one attached hydrogen (secondary N) is 1. The van der Waals surface area contributed by atoms with Gasteiger partial charge in [-0.2, -0.15) is 0 Å². The summed E-state index contributed by atoms with van der Waals surface area (Å²) in [7, 11) is 0. The SMILES string of the molecule is C1COC(CNCC(C2CC2)C2CC2)C1. The lowest BCUT2D eigenvalue weighted by molar-refractivity contribution is 0.108. The third-order valence-corrected chi connectivity index (χ3v) is 4.23. The lowest BCUT2D eigenvalue weighted by Crippen LogP contribution is -2.32. The Morgan fingerprint density at radius 2 is 1.80 bits per heavy atom. The van der Waals surface area contributed by atoms with Gasteiger partial charge in [0.15, 0.2) is 0 Å². The highest BCUT2D eigenvalue weighted by Crippen LogP contribution is 2.48. The quantitative estimate of drug-likeness (QED) is 0.724. The van der Waals surface area contributed by atoms with Gasteiger partial charge in [0.25, 0.3) is 0 Å². The zero-order chi connectivity index (χ0) is 10.1. The maximum absolute atomic E-state index is 5.62. The molecule has 0 aromatic heterocycles. The molecular formula is C13H23NO. The van der Waals surface area contributed by atoms with E-state index in [9.17, 15) is 0 Å². The van der Waals surface area contributed by atoms with Crippen LogP contribution >= 0.6 is 0 Å². The van der Waals surface area contributed by atoms with Gasteiger partial charge >= 0.3 is 0 Å². The van der Waals surface area contributed by atoms with Crippen LogP contribution < -0.4 is 5.32 Å². The van der Waals surface area contributed by atoms with E-state index >= 15 is 0 Å². The van der Waals surface area contributed by atoms with Crippen LogP contribution in [0.5, 0.6) is 0 Å². The van der Waals surface area contributed by atoms with E-state index in [1.807, 2.05) is 0 Å². The summed E-state index contributed by atoms with van der Waals surface area (Å²) in [6.07, 6.45) is 9.06. The Bertz CT molecular complexity index is 193. The van der Waals surface area contributed by atoms with E-state index in [1.54, 1.807) is 0 Å². The minimum atomic E-state index is 0.518. The van der Waals surface area contributed by atoms with Crippen LogP contribution in [0.1, 0.15) is 38.5 Å².